The van der Waals surface area contributed by atoms with Crippen LogP contribution in [0.4, 0.5) is 8.78 Å². The van der Waals surface area contributed by atoms with E-state index in [1.807, 2.05) is 18.7 Å². The second-order valence-electron chi connectivity index (χ2n) is 4.90. The Morgan fingerprint density at radius 1 is 1.16 bits per heavy atom. The minimum absolute atomic E-state index is 0.0603. The van der Waals surface area contributed by atoms with Gasteiger partial charge in [0.05, 0.1) is 0 Å². The van der Waals surface area contributed by atoms with Gasteiger partial charge in [-0.3, -0.25) is 0 Å². The number of rotatable bonds is 7. The lowest BCUT2D eigenvalue weighted by Gasteiger charge is -2.31. The van der Waals surface area contributed by atoms with E-state index >= 15 is 0 Å². The van der Waals surface area contributed by atoms with E-state index in [1.54, 1.807) is 0 Å². The number of halogens is 2. The van der Waals surface area contributed by atoms with Crippen LogP contribution < -0.4 is 5.32 Å². The van der Waals surface area contributed by atoms with Gasteiger partial charge in [-0.25, -0.2) is 8.78 Å². The van der Waals surface area contributed by atoms with Crippen LogP contribution in [0.1, 0.15) is 45.2 Å². The molecule has 0 spiro atoms. The van der Waals surface area contributed by atoms with Gasteiger partial charge in [0.1, 0.15) is 11.6 Å². The van der Waals surface area contributed by atoms with E-state index in [4.69, 9.17) is 0 Å². The fourth-order valence-electron chi connectivity index (χ4n) is 2.14. The average Bonchev–Trinajstić information content (AvgIpc) is 2.39. The molecule has 1 unspecified atom stereocenters. The predicted molar refractivity (Wildman–Crippen MR) is 79.6 cm³/mol. The first-order valence-corrected chi connectivity index (χ1v) is 7.93. The molecule has 0 aromatic heterocycles. The van der Waals surface area contributed by atoms with Crippen molar-refractivity contribution in [3.05, 3.63) is 35.4 Å². The SMILES string of the molecule is CCC(CC)(CNC(C)c1cc(F)cc(F)c1)SC. The zero-order chi connectivity index (χ0) is 14.5. The van der Waals surface area contributed by atoms with Gasteiger partial charge in [0.2, 0.25) is 0 Å². The Morgan fingerprint density at radius 3 is 2.11 bits per heavy atom. The fraction of sp³-hybridized carbons (Fsp3) is 0.600. The number of nitrogens with one attached hydrogen (secondary N) is 1. The van der Waals surface area contributed by atoms with E-state index in [-0.39, 0.29) is 10.8 Å². The van der Waals surface area contributed by atoms with Gasteiger partial charge in [0.15, 0.2) is 0 Å². The molecule has 1 aromatic rings. The predicted octanol–water partition coefficient (Wildman–Crippen LogP) is 4.54. The smallest absolute Gasteiger partial charge is 0.126 e. The first-order chi connectivity index (χ1) is 8.96. The molecule has 1 aromatic carbocycles. The molecule has 0 amide bonds. The van der Waals surface area contributed by atoms with Crippen molar-refractivity contribution < 1.29 is 8.78 Å². The van der Waals surface area contributed by atoms with Gasteiger partial charge in [0, 0.05) is 23.4 Å². The molecule has 0 aliphatic heterocycles. The van der Waals surface area contributed by atoms with E-state index in [1.165, 1.54) is 12.1 Å². The Bertz CT molecular complexity index is 377. The Hall–Kier alpha value is -0.610. The molecule has 0 saturated heterocycles. The summed E-state index contributed by atoms with van der Waals surface area (Å²) in [6, 6.07) is 3.62. The van der Waals surface area contributed by atoms with Gasteiger partial charge >= 0.3 is 0 Å². The van der Waals surface area contributed by atoms with Crippen molar-refractivity contribution in [2.24, 2.45) is 0 Å². The van der Waals surface area contributed by atoms with Gasteiger partial charge in [-0.1, -0.05) is 13.8 Å². The summed E-state index contributed by atoms with van der Waals surface area (Å²) in [7, 11) is 0. The van der Waals surface area contributed by atoms with Crippen LogP contribution >= 0.6 is 11.8 Å². The van der Waals surface area contributed by atoms with Crippen LogP contribution in [0.25, 0.3) is 0 Å². The minimum Gasteiger partial charge on any atom is -0.309 e. The van der Waals surface area contributed by atoms with Crippen LogP contribution in [0.5, 0.6) is 0 Å². The van der Waals surface area contributed by atoms with Crippen LogP contribution in [-0.4, -0.2) is 17.5 Å². The van der Waals surface area contributed by atoms with Gasteiger partial charge in [0.25, 0.3) is 0 Å². The van der Waals surface area contributed by atoms with Crippen LogP contribution in [0.3, 0.4) is 0 Å². The normalized spacial score (nSPS) is 13.6. The van der Waals surface area contributed by atoms with Crippen molar-refractivity contribution in [3.63, 3.8) is 0 Å². The zero-order valence-corrected chi connectivity index (χ0v) is 12.9. The molecular formula is C15H23F2NS. The third kappa shape index (κ3) is 4.46. The first-order valence-electron chi connectivity index (χ1n) is 6.71. The molecule has 0 bridgehead atoms. The topological polar surface area (TPSA) is 12.0 Å². The van der Waals surface area contributed by atoms with Crippen molar-refractivity contribution >= 4 is 11.8 Å². The molecule has 1 nitrogen and oxygen atoms in total. The van der Waals surface area contributed by atoms with Gasteiger partial charge in [-0.2, -0.15) is 11.8 Å². The molecular weight excluding hydrogens is 264 g/mol. The first kappa shape index (κ1) is 16.4. The largest absolute Gasteiger partial charge is 0.309 e. The molecule has 0 aliphatic rings. The summed E-state index contributed by atoms with van der Waals surface area (Å²) in [5.74, 6) is -1.04. The third-order valence-corrected chi connectivity index (χ3v) is 5.42. The summed E-state index contributed by atoms with van der Waals surface area (Å²) >= 11 is 1.85. The maximum Gasteiger partial charge on any atom is 0.126 e. The Balaban J connectivity index is 2.71. The second kappa shape index (κ2) is 7.25. The third-order valence-electron chi connectivity index (χ3n) is 3.84. The summed E-state index contributed by atoms with van der Waals surface area (Å²) in [6.45, 7) is 7.12. The number of thioether (sulfide) groups is 1. The summed E-state index contributed by atoms with van der Waals surface area (Å²) < 4.78 is 26.6. The van der Waals surface area contributed by atoms with Crippen molar-refractivity contribution in [1.82, 2.24) is 5.32 Å². The van der Waals surface area contributed by atoms with Crippen LogP contribution in [0.2, 0.25) is 0 Å². The molecule has 0 heterocycles. The highest BCUT2D eigenvalue weighted by atomic mass is 32.2. The molecule has 1 atom stereocenters. The van der Waals surface area contributed by atoms with Crippen molar-refractivity contribution in [3.8, 4) is 0 Å². The van der Waals surface area contributed by atoms with E-state index in [0.717, 1.165) is 25.5 Å². The molecule has 0 fully saturated rings. The quantitative estimate of drug-likeness (QED) is 0.790. The van der Waals surface area contributed by atoms with Crippen LogP contribution in [-0.2, 0) is 0 Å². The van der Waals surface area contributed by atoms with Crippen LogP contribution in [0, 0.1) is 11.6 Å². The zero-order valence-electron chi connectivity index (χ0n) is 12.1. The summed E-state index contributed by atoms with van der Waals surface area (Å²) in [4.78, 5) is 0. The van der Waals surface area contributed by atoms with Crippen molar-refractivity contribution in [1.29, 1.82) is 0 Å². The molecule has 1 N–H and O–H groups in total. The molecule has 0 radical (unpaired) electrons. The van der Waals surface area contributed by atoms with E-state index < -0.39 is 11.6 Å². The lowest BCUT2D eigenvalue weighted by Crippen LogP contribution is -2.37. The number of benzene rings is 1. The molecule has 19 heavy (non-hydrogen) atoms. The van der Waals surface area contributed by atoms with Crippen molar-refractivity contribution in [2.45, 2.75) is 44.4 Å². The maximum atomic E-state index is 13.2. The summed E-state index contributed by atoms with van der Waals surface area (Å²) in [5.41, 5.74) is 0.653. The molecule has 0 saturated carbocycles. The highest BCUT2D eigenvalue weighted by molar-refractivity contribution is 8.00. The fourth-order valence-corrected chi connectivity index (χ4v) is 2.95. The van der Waals surface area contributed by atoms with E-state index in [0.29, 0.717) is 5.56 Å². The summed E-state index contributed by atoms with van der Waals surface area (Å²) in [5, 5.41) is 3.39. The highest BCUT2D eigenvalue weighted by Crippen LogP contribution is 2.30. The maximum absolute atomic E-state index is 13.2. The molecule has 0 aliphatic carbocycles. The molecule has 4 heteroatoms. The second-order valence-corrected chi connectivity index (χ2v) is 6.17. The molecule has 1 rings (SSSR count). The highest BCUT2D eigenvalue weighted by Gasteiger charge is 2.25. The standard InChI is InChI=1S/C15H23F2NS/c1-5-15(6-2,19-4)10-18-11(3)12-7-13(16)9-14(17)8-12/h7-9,11,18H,5-6,10H2,1-4H3. The van der Waals surface area contributed by atoms with Crippen molar-refractivity contribution in [2.75, 3.05) is 12.8 Å². The monoisotopic (exact) mass is 287 g/mol. The molecule has 108 valence electrons. The Labute approximate surface area is 119 Å². The minimum atomic E-state index is -0.522. The van der Waals surface area contributed by atoms with E-state index in [9.17, 15) is 8.78 Å². The van der Waals surface area contributed by atoms with Crippen LogP contribution in [0.15, 0.2) is 18.2 Å². The van der Waals surface area contributed by atoms with E-state index in [2.05, 4.69) is 25.4 Å². The van der Waals surface area contributed by atoms with Gasteiger partial charge in [-0.05, 0) is 43.7 Å². The lowest BCUT2D eigenvalue weighted by molar-refractivity contribution is 0.457. The Morgan fingerprint density at radius 2 is 1.68 bits per heavy atom. The number of hydrogen-bond acceptors (Lipinski definition) is 2. The summed E-state index contributed by atoms with van der Waals surface area (Å²) in [6.07, 6.45) is 4.25. The van der Waals surface area contributed by atoms with Gasteiger partial charge in [-0.15, -0.1) is 0 Å². The van der Waals surface area contributed by atoms with Gasteiger partial charge < -0.3 is 5.32 Å². The number of hydrogen-bond donors (Lipinski definition) is 1. The lowest BCUT2D eigenvalue weighted by atomic mass is 10.0. The average molecular weight is 287 g/mol. The Kier molecular flexibility index (Phi) is 6.27.